The molecule has 1 fully saturated rings. The summed E-state index contributed by atoms with van der Waals surface area (Å²) in [6, 6.07) is 0. The molecule has 4 nitrogen and oxygen atoms in total. The Morgan fingerprint density at radius 2 is 2.06 bits per heavy atom. The number of hydrogen-bond acceptors (Lipinski definition) is 3. The fraction of sp³-hybridized carbons (Fsp3) is 0.917. The van der Waals surface area contributed by atoms with Gasteiger partial charge in [0.1, 0.15) is 5.25 Å². The van der Waals surface area contributed by atoms with E-state index in [1.807, 2.05) is 0 Å². The number of rotatable bonds is 5. The molecule has 0 bridgehead atoms. The lowest BCUT2D eigenvalue weighted by molar-refractivity contribution is -0.120. The Bertz CT molecular complexity index is 381. The Morgan fingerprint density at radius 3 is 2.61 bits per heavy atom. The monoisotopic (exact) mass is 339 g/mol. The van der Waals surface area contributed by atoms with Gasteiger partial charge in [-0.05, 0) is 25.2 Å². The first-order chi connectivity index (χ1) is 8.33. The van der Waals surface area contributed by atoms with Crippen molar-refractivity contribution in [3.63, 3.8) is 0 Å². The number of carbonyl (C=O) groups excluding carboxylic acids is 1. The van der Waals surface area contributed by atoms with Crippen LogP contribution >= 0.6 is 15.9 Å². The molecule has 0 aromatic heterocycles. The first-order valence-electron chi connectivity index (χ1n) is 6.46. The van der Waals surface area contributed by atoms with Crippen molar-refractivity contribution in [3.8, 4) is 0 Å². The van der Waals surface area contributed by atoms with E-state index in [0.717, 1.165) is 12.8 Å². The summed E-state index contributed by atoms with van der Waals surface area (Å²) in [5, 5.41) is 1.92. The second-order valence-corrected chi connectivity index (χ2v) is 8.92. The van der Waals surface area contributed by atoms with Crippen molar-refractivity contribution in [1.82, 2.24) is 5.32 Å². The minimum Gasteiger partial charge on any atom is -0.354 e. The molecule has 0 aliphatic carbocycles. The maximum Gasteiger partial charge on any atom is 0.238 e. The Balaban J connectivity index is 2.45. The van der Waals surface area contributed by atoms with Crippen molar-refractivity contribution in [2.24, 2.45) is 5.92 Å². The van der Waals surface area contributed by atoms with Crippen LogP contribution in [-0.4, -0.2) is 36.7 Å². The van der Waals surface area contributed by atoms with Gasteiger partial charge in [0.15, 0.2) is 9.84 Å². The van der Waals surface area contributed by atoms with Crippen LogP contribution in [0.25, 0.3) is 0 Å². The molecule has 18 heavy (non-hydrogen) atoms. The third-order valence-corrected chi connectivity index (χ3v) is 5.97. The van der Waals surface area contributed by atoms with Crippen LogP contribution in [0, 0.1) is 5.92 Å². The highest BCUT2D eigenvalue weighted by atomic mass is 79.9. The van der Waals surface area contributed by atoms with Crippen LogP contribution in [0.5, 0.6) is 0 Å². The molecule has 0 saturated carbocycles. The quantitative estimate of drug-likeness (QED) is 0.778. The van der Waals surface area contributed by atoms with Crippen molar-refractivity contribution >= 4 is 31.7 Å². The Morgan fingerprint density at radius 1 is 1.39 bits per heavy atom. The van der Waals surface area contributed by atoms with Crippen molar-refractivity contribution in [3.05, 3.63) is 0 Å². The molecule has 2 unspecified atom stereocenters. The van der Waals surface area contributed by atoms with E-state index in [0.29, 0.717) is 25.3 Å². The lowest BCUT2D eigenvalue weighted by Crippen LogP contribution is -2.44. The first-order valence-corrected chi connectivity index (χ1v) is 9.09. The topological polar surface area (TPSA) is 63.2 Å². The smallest absolute Gasteiger partial charge is 0.238 e. The molecule has 2 atom stereocenters. The SMILES string of the molecule is CC(C)CC(Br)CNC(=O)C1CCCCS1(=O)=O. The van der Waals surface area contributed by atoms with E-state index in [1.165, 1.54) is 0 Å². The van der Waals surface area contributed by atoms with Crippen LogP contribution in [-0.2, 0) is 14.6 Å². The molecule has 1 rings (SSSR count). The normalized spacial score (nSPS) is 24.8. The number of alkyl halides is 1. The van der Waals surface area contributed by atoms with Gasteiger partial charge in [-0.1, -0.05) is 36.2 Å². The molecule has 1 saturated heterocycles. The largest absolute Gasteiger partial charge is 0.354 e. The van der Waals surface area contributed by atoms with Crippen LogP contribution in [0.1, 0.15) is 39.5 Å². The average molecular weight is 340 g/mol. The fourth-order valence-corrected chi connectivity index (χ4v) is 4.90. The van der Waals surface area contributed by atoms with Gasteiger partial charge in [-0.15, -0.1) is 0 Å². The Hall–Kier alpha value is -0.100. The molecular weight excluding hydrogens is 318 g/mol. The zero-order valence-corrected chi connectivity index (χ0v) is 13.4. The summed E-state index contributed by atoms with van der Waals surface area (Å²) >= 11 is 3.50. The summed E-state index contributed by atoms with van der Waals surface area (Å²) in [6.45, 7) is 4.71. The lowest BCUT2D eigenvalue weighted by Gasteiger charge is -2.22. The van der Waals surface area contributed by atoms with Gasteiger partial charge in [0.25, 0.3) is 0 Å². The molecule has 1 aliphatic heterocycles. The summed E-state index contributed by atoms with van der Waals surface area (Å²) < 4.78 is 23.5. The zero-order valence-electron chi connectivity index (χ0n) is 11.0. The number of nitrogens with one attached hydrogen (secondary N) is 1. The Kier molecular flexibility index (Phi) is 6.11. The molecule has 1 amide bonds. The van der Waals surface area contributed by atoms with Crippen LogP contribution in [0.15, 0.2) is 0 Å². The highest BCUT2D eigenvalue weighted by molar-refractivity contribution is 9.09. The van der Waals surface area contributed by atoms with E-state index in [1.54, 1.807) is 0 Å². The van der Waals surface area contributed by atoms with E-state index in [4.69, 9.17) is 0 Å². The number of sulfone groups is 1. The average Bonchev–Trinajstić information content (AvgIpc) is 2.24. The molecule has 0 radical (unpaired) electrons. The maximum absolute atomic E-state index is 11.9. The first kappa shape index (κ1) is 16.0. The number of halogens is 1. The molecule has 1 N–H and O–H groups in total. The standard InChI is InChI=1S/C12H22BrNO3S/c1-9(2)7-10(13)8-14-12(15)11-5-3-4-6-18(11,16)17/h9-11H,3-8H2,1-2H3,(H,14,15). The van der Waals surface area contributed by atoms with E-state index in [2.05, 4.69) is 35.1 Å². The predicted molar refractivity (Wildman–Crippen MR) is 76.6 cm³/mol. The highest BCUT2D eigenvalue weighted by Gasteiger charge is 2.34. The highest BCUT2D eigenvalue weighted by Crippen LogP contribution is 2.20. The third kappa shape index (κ3) is 4.88. The van der Waals surface area contributed by atoms with Gasteiger partial charge in [0.2, 0.25) is 5.91 Å². The van der Waals surface area contributed by atoms with Gasteiger partial charge in [0.05, 0.1) is 5.75 Å². The van der Waals surface area contributed by atoms with Crippen LogP contribution in [0.3, 0.4) is 0 Å². The van der Waals surface area contributed by atoms with Crippen molar-refractivity contribution in [2.45, 2.75) is 49.6 Å². The second-order valence-electron chi connectivity index (χ2n) is 5.32. The van der Waals surface area contributed by atoms with Crippen LogP contribution < -0.4 is 5.32 Å². The molecule has 0 aromatic carbocycles. The summed E-state index contributed by atoms with van der Waals surface area (Å²) in [4.78, 5) is 12.1. The molecular formula is C12H22BrNO3S. The molecule has 1 aliphatic rings. The van der Waals surface area contributed by atoms with E-state index in [-0.39, 0.29) is 16.5 Å². The van der Waals surface area contributed by atoms with Crippen LogP contribution in [0.2, 0.25) is 0 Å². The van der Waals surface area contributed by atoms with Crippen molar-refractivity contribution in [2.75, 3.05) is 12.3 Å². The number of carbonyl (C=O) groups is 1. The molecule has 106 valence electrons. The molecule has 1 heterocycles. The summed E-state index contributed by atoms with van der Waals surface area (Å²) in [7, 11) is -3.22. The van der Waals surface area contributed by atoms with Gasteiger partial charge in [-0.25, -0.2) is 8.42 Å². The van der Waals surface area contributed by atoms with Gasteiger partial charge in [-0.2, -0.15) is 0 Å². The van der Waals surface area contributed by atoms with Crippen molar-refractivity contribution < 1.29 is 13.2 Å². The van der Waals surface area contributed by atoms with Crippen molar-refractivity contribution in [1.29, 1.82) is 0 Å². The number of hydrogen-bond donors (Lipinski definition) is 1. The minimum atomic E-state index is -3.22. The number of amides is 1. The summed E-state index contributed by atoms with van der Waals surface area (Å²) in [5.41, 5.74) is 0. The van der Waals surface area contributed by atoms with Gasteiger partial charge < -0.3 is 5.32 Å². The lowest BCUT2D eigenvalue weighted by atomic mass is 10.1. The molecule has 0 spiro atoms. The summed E-state index contributed by atoms with van der Waals surface area (Å²) in [6.07, 6.45) is 2.92. The summed E-state index contributed by atoms with van der Waals surface area (Å²) in [5.74, 6) is 0.363. The second kappa shape index (κ2) is 6.89. The van der Waals surface area contributed by atoms with Gasteiger partial charge in [-0.3, -0.25) is 4.79 Å². The van der Waals surface area contributed by atoms with E-state index in [9.17, 15) is 13.2 Å². The Labute approximate surface area is 118 Å². The van der Waals surface area contributed by atoms with Gasteiger partial charge in [0, 0.05) is 11.4 Å². The van der Waals surface area contributed by atoms with Gasteiger partial charge >= 0.3 is 0 Å². The fourth-order valence-electron chi connectivity index (χ4n) is 2.17. The molecule has 6 heteroatoms. The molecule has 0 aromatic rings. The minimum absolute atomic E-state index is 0.148. The van der Waals surface area contributed by atoms with Crippen LogP contribution in [0.4, 0.5) is 0 Å². The predicted octanol–water partition coefficient (Wildman–Crippen LogP) is 1.88. The third-order valence-electron chi connectivity index (χ3n) is 3.10. The van der Waals surface area contributed by atoms with E-state index >= 15 is 0 Å². The zero-order chi connectivity index (χ0) is 13.8. The maximum atomic E-state index is 11.9. The van der Waals surface area contributed by atoms with E-state index < -0.39 is 15.1 Å².